The average Bonchev–Trinajstić information content (AvgIpc) is 1.63. The monoisotopic (exact) mass is 1440 g/mol. The van der Waals surface area contributed by atoms with Crippen molar-refractivity contribution in [2.75, 3.05) is 70.2 Å². The van der Waals surface area contributed by atoms with E-state index in [1.54, 1.807) is 38.2 Å². The number of nitriles is 4. The maximum atomic E-state index is 12.2. The molecule has 0 spiro atoms. The summed E-state index contributed by atoms with van der Waals surface area (Å²) in [6.45, 7) is 17.6. The number of fused-ring (bicyclic) bond motifs is 4. The van der Waals surface area contributed by atoms with E-state index in [-0.39, 0.29) is 35.7 Å². The first-order valence-electron chi connectivity index (χ1n) is 36.2. The number of nitrogens with zero attached hydrogens (tertiary/aromatic N) is 10. The SMILES string of the molecule is CCn1c(-c2ccc(C(=O)N3CC3)cc2)c(C#N)c2cc(OC)ccc21.CCn1c(-c2ccc(N3CCOC3=O)cc2)c(C#N)c2ccc(OC)cc21.CCn1c(-c2ccc(NC(=O)C(C)C)cc2)c(C#N)c2cc(OC)ccc21.CCn1c(-c2ccc(NC(=O)C3CCC3)cc2)c(C#N)c2cc(OC)ccc21. The molecule has 21 nitrogen and oxygen atoms in total. The number of ether oxygens (including phenoxy) is 5. The van der Waals surface area contributed by atoms with Crippen molar-refractivity contribution in [3.63, 3.8) is 0 Å². The van der Waals surface area contributed by atoms with Crippen molar-refractivity contribution in [3.05, 3.63) is 198 Å². The molecule has 1 aliphatic carbocycles. The molecule has 0 unspecified atom stereocenters. The van der Waals surface area contributed by atoms with E-state index in [9.17, 15) is 40.2 Å². The van der Waals surface area contributed by atoms with E-state index in [0.717, 1.165) is 187 Å². The molecular formula is C87H84N12O9. The van der Waals surface area contributed by atoms with Gasteiger partial charge in [-0.15, -0.1) is 0 Å². The Kier molecular flexibility index (Phi) is 22.6. The lowest BCUT2D eigenvalue weighted by molar-refractivity contribution is -0.122. The average molecular weight is 1440 g/mol. The first kappa shape index (κ1) is 74.5. The molecule has 3 aliphatic rings. The van der Waals surface area contributed by atoms with Crippen molar-refractivity contribution >= 4 is 84.5 Å². The molecule has 8 aromatic carbocycles. The van der Waals surface area contributed by atoms with E-state index in [1.807, 2.05) is 184 Å². The Hall–Kier alpha value is -13.2. The molecule has 2 N–H and O–H groups in total. The highest BCUT2D eigenvalue weighted by molar-refractivity contribution is 6.01. The quantitative estimate of drug-likeness (QED) is 0.0758. The smallest absolute Gasteiger partial charge is 0.414 e. The molecule has 2 saturated heterocycles. The van der Waals surface area contributed by atoms with E-state index in [1.165, 1.54) is 0 Å². The number of anilines is 3. The predicted octanol–water partition coefficient (Wildman–Crippen LogP) is 17.6. The topological polar surface area (TPSA) is 260 Å². The highest BCUT2D eigenvalue weighted by Gasteiger charge is 2.29. The number of amides is 4. The molecule has 0 radical (unpaired) electrons. The number of cyclic esters (lactones) is 1. The van der Waals surface area contributed by atoms with Gasteiger partial charge in [-0.3, -0.25) is 19.3 Å². The Morgan fingerprint density at radius 3 is 1.19 bits per heavy atom. The number of benzene rings is 8. The van der Waals surface area contributed by atoms with E-state index < -0.39 is 0 Å². The lowest BCUT2D eigenvalue weighted by Crippen LogP contribution is -2.27. The number of carbonyl (C=O) groups is 4. The number of rotatable bonds is 18. The van der Waals surface area contributed by atoms with Crippen molar-refractivity contribution in [1.82, 2.24) is 23.2 Å². The highest BCUT2D eigenvalue weighted by atomic mass is 16.6. The van der Waals surface area contributed by atoms with Gasteiger partial charge in [-0.2, -0.15) is 21.0 Å². The van der Waals surface area contributed by atoms with Gasteiger partial charge in [0.1, 0.15) is 53.9 Å². The molecule has 1 saturated carbocycles. The molecule has 0 bridgehead atoms. The molecule has 15 rings (SSSR count). The minimum atomic E-state index is -0.324. The van der Waals surface area contributed by atoms with Crippen LogP contribution in [-0.4, -0.2) is 102 Å². The van der Waals surface area contributed by atoms with Crippen molar-refractivity contribution in [2.45, 2.75) is 87.0 Å². The summed E-state index contributed by atoms with van der Waals surface area (Å²) in [5, 5.41) is 48.7. The molecule has 12 aromatic rings. The van der Waals surface area contributed by atoms with Crippen LogP contribution in [0.25, 0.3) is 88.6 Å². The molecule has 108 heavy (non-hydrogen) atoms. The molecular weight excluding hydrogens is 1360 g/mol. The zero-order valence-corrected chi connectivity index (χ0v) is 62.2. The maximum absolute atomic E-state index is 12.2. The summed E-state index contributed by atoms with van der Waals surface area (Å²) in [6.07, 6.45) is 2.78. The third kappa shape index (κ3) is 14.8. The van der Waals surface area contributed by atoms with E-state index in [0.29, 0.717) is 41.0 Å². The van der Waals surface area contributed by atoms with Gasteiger partial charge in [0.2, 0.25) is 11.8 Å². The highest BCUT2D eigenvalue weighted by Crippen LogP contribution is 2.41. The zero-order chi connectivity index (χ0) is 76.4. The van der Waals surface area contributed by atoms with Crippen LogP contribution in [-0.2, 0) is 40.5 Å². The van der Waals surface area contributed by atoms with Crippen LogP contribution in [0.4, 0.5) is 21.9 Å². The van der Waals surface area contributed by atoms with Gasteiger partial charge in [0.05, 0.1) is 102 Å². The van der Waals surface area contributed by atoms with Crippen LogP contribution >= 0.6 is 0 Å². The molecule has 2 aliphatic heterocycles. The van der Waals surface area contributed by atoms with Crippen LogP contribution in [0.2, 0.25) is 0 Å². The number of aryl methyl sites for hydroxylation is 4. The summed E-state index contributed by atoms with van der Waals surface area (Å²) in [4.78, 5) is 51.4. The van der Waals surface area contributed by atoms with Gasteiger partial charge in [0.15, 0.2) is 0 Å². The third-order valence-corrected chi connectivity index (χ3v) is 20.0. The largest absolute Gasteiger partial charge is 0.497 e. The standard InChI is InChI=1S/C23H23N3O2.C22H23N3O2.C21H19N3O3.C21H19N3O2/c1-3-26-21-12-11-18(28-2)13-19(21)20(14-24)22(26)15-7-9-17(10-8-15)25-23(27)16-5-4-6-16;1-5-25-20-11-10-17(27-4)12-18(20)19(13-23)21(25)15-6-8-16(9-7-15)24-22(26)14(2)3;1-3-23-19-12-16(26-2)8-9-17(19)18(13-22)20(23)14-4-6-15(7-5-14)24-10-11-27-21(24)25;1-3-24-19-9-8-16(26-2)12-17(19)18(13-22)20(24)14-4-6-15(7-5-14)21(25)23-10-11-23/h7-13,16H,3-6H2,1-2H3,(H,25,27);6-12,14H,5H2,1-4H3,(H,24,26);4-9,12H,3,10-11H2,1-2H3;4-9,12H,3,10-11H2,1-2H3. The maximum Gasteiger partial charge on any atom is 0.414 e. The summed E-state index contributed by atoms with van der Waals surface area (Å²) in [5.41, 5.74) is 16.8. The van der Waals surface area contributed by atoms with Crippen molar-refractivity contribution in [3.8, 4) is 92.3 Å². The van der Waals surface area contributed by atoms with Gasteiger partial charge in [-0.1, -0.05) is 68.8 Å². The van der Waals surface area contributed by atoms with Gasteiger partial charge in [-0.05, 0) is 178 Å². The fraction of sp³-hybridized carbons (Fsp3) is 0.264. The normalized spacial score (nSPS) is 12.8. The molecule has 0 atom stereocenters. The van der Waals surface area contributed by atoms with Crippen molar-refractivity contribution < 1.29 is 42.9 Å². The van der Waals surface area contributed by atoms with Crippen LogP contribution in [0, 0.1) is 57.2 Å². The Labute approximate surface area is 627 Å². The third-order valence-electron chi connectivity index (χ3n) is 20.0. The summed E-state index contributed by atoms with van der Waals surface area (Å²) in [6, 6.07) is 63.2. The number of hydrogen-bond donors (Lipinski definition) is 2. The van der Waals surface area contributed by atoms with Gasteiger partial charge in [0.25, 0.3) is 5.91 Å². The second kappa shape index (κ2) is 32.8. The first-order valence-corrected chi connectivity index (χ1v) is 36.2. The van der Waals surface area contributed by atoms with Crippen molar-refractivity contribution in [2.24, 2.45) is 11.8 Å². The number of methoxy groups -OCH3 is 4. The predicted molar refractivity (Wildman–Crippen MR) is 421 cm³/mol. The van der Waals surface area contributed by atoms with Crippen LogP contribution in [0.1, 0.15) is 93.4 Å². The second-order valence-corrected chi connectivity index (χ2v) is 26.4. The number of carbonyl (C=O) groups excluding carboxylic acids is 4. The summed E-state index contributed by atoms with van der Waals surface area (Å²) < 4.78 is 34.9. The zero-order valence-electron chi connectivity index (χ0n) is 62.2. The summed E-state index contributed by atoms with van der Waals surface area (Å²) >= 11 is 0. The fourth-order valence-electron chi connectivity index (χ4n) is 14.1. The van der Waals surface area contributed by atoms with Crippen LogP contribution < -0.4 is 34.5 Å². The van der Waals surface area contributed by atoms with Gasteiger partial charge in [0, 0.05) is 101 Å². The second-order valence-electron chi connectivity index (χ2n) is 26.4. The molecule has 4 aromatic heterocycles. The molecule has 6 heterocycles. The van der Waals surface area contributed by atoms with E-state index in [4.69, 9.17) is 23.7 Å². The molecule has 546 valence electrons. The Morgan fingerprint density at radius 2 is 0.833 bits per heavy atom. The number of nitrogens with one attached hydrogen (secondary N) is 2. The number of aromatic nitrogens is 4. The fourth-order valence-corrected chi connectivity index (χ4v) is 14.1. The Balaban J connectivity index is 0.000000135. The first-order chi connectivity index (χ1) is 52.5. The summed E-state index contributed by atoms with van der Waals surface area (Å²) in [5.74, 6) is 3.18. The van der Waals surface area contributed by atoms with Crippen LogP contribution in [0.15, 0.2) is 170 Å². The summed E-state index contributed by atoms with van der Waals surface area (Å²) in [7, 11) is 6.50. The lowest BCUT2D eigenvalue weighted by atomic mass is 9.85. The Bertz CT molecular complexity index is 5570. The minimum absolute atomic E-state index is 0.0183. The Morgan fingerprint density at radius 1 is 0.463 bits per heavy atom. The minimum Gasteiger partial charge on any atom is -0.497 e. The van der Waals surface area contributed by atoms with Gasteiger partial charge < -0.3 is 57.5 Å². The number of hydrogen-bond acceptors (Lipinski definition) is 13. The lowest BCUT2D eigenvalue weighted by Gasteiger charge is -2.24. The van der Waals surface area contributed by atoms with Gasteiger partial charge >= 0.3 is 6.09 Å². The van der Waals surface area contributed by atoms with Crippen molar-refractivity contribution in [1.29, 1.82) is 21.0 Å². The molecule has 3 fully saturated rings. The van der Waals surface area contributed by atoms with Crippen LogP contribution in [0.5, 0.6) is 23.0 Å². The van der Waals surface area contributed by atoms with E-state index in [2.05, 4.69) is 80.9 Å². The molecule has 21 heteroatoms. The van der Waals surface area contributed by atoms with Gasteiger partial charge in [-0.25, -0.2) is 4.79 Å². The van der Waals surface area contributed by atoms with E-state index >= 15 is 0 Å². The molecule has 4 amide bonds. The van der Waals surface area contributed by atoms with Crippen LogP contribution in [0.3, 0.4) is 0 Å².